The van der Waals surface area contributed by atoms with E-state index in [1.165, 1.54) is 4.88 Å². The molecule has 2 heterocycles. The van der Waals surface area contributed by atoms with Crippen LogP contribution in [0, 0.1) is 19.8 Å². The van der Waals surface area contributed by atoms with Crippen LogP contribution in [0.4, 0.5) is 0 Å². The van der Waals surface area contributed by atoms with Crippen LogP contribution in [0.5, 0.6) is 0 Å². The van der Waals surface area contributed by atoms with Crippen molar-refractivity contribution in [1.29, 1.82) is 0 Å². The molecule has 0 spiro atoms. The van der Waals surface area contributed by atoms with Gasteiger partial charge in [0.15, 0.2) is 0 Å². The van der Waals surface area contributed by atoms with Crippen LogP contribution < -0.4 is 11.1 Å². The third-order valence-corrected chi connectivity index (χ3v) is 5.51. The van der Waals surface area contributed by atoms with E-state index in [2.05, 4.69) is 17.2 Å². The van der Waals surface area contributed by atoms with Crippen molar-refractivity contribution in [2.24, 2.45) is 11.7 Å². The Bertz CT molecular complexity index is 553. The summed E-state index contributed by atoms with van der Waals surface area (Å²) in [6.45, 7) is 7.75. The van der Waals surface area contributed by atoms with Crippen molar-refractivity contribution in [3.63, 3.8) is 0 Å². The molecule has 0 aromatic carbocycles. The molecule has 128 valence electrons. The Kier molecular flexibility index (Phi) is 6.12. The average molecular weight is 338 g/mol. The van der Waals surface area contributed by atoms with Crippen molar-refractivity contribution in [2.45, 2.75) is 46.1 Å². The fraction of sp³-hybridized carbons (Fsp3) is 0.688. The smallest absolute Gasteiger partial charge is 0.231 e. The highest BCUT2D eigenvalue weighted by atomic mass is 32.1. The molecular weight excluding hydrogens is 312 g/mol. The Balaban J connectivity index is 1.97. The summed E-state index contributed by atoms with van der Waals surface area (Å²) >= 11 is 1.65. The molecule has 0 radical (unpaired) electrons. The average Bonchev–Trinajstić information content (AvgIpc) is 2.83. The summed E-state index contributed by atoms with van der Waals surface area (Å²) in [4.78, 5) is 31.4. The van der Waals surface area contributed by atoms with E-state index < -0.39 is 0 Å². The molecule has 0 aliphatic carbocycles. The number of carbonyl (C=O) groups excluding carboxylic acids is 2. The number of hydrogen-bond acceptors (Lipinski definition) is 5. The van der Waals surface area contributed by atoms with Crippen molar-refractivity contribution < 1.29 is 9.59 Å². The molecule has 23 heavy (non-hydrogen) atoms. The van der Waals surface area contributed by atoms with Crippen LogP contribution in [0.15, 0.2) is 0 Å². The molecule has 7 heteroatoms. The lowest BCUT2D eigenvalue weighted by Crippen LogP contribution is -2.46. The van der Waals surface area contributed by atoms with Gasteiger partial charge in [0.25, 0.3) is 0 Å². The quantitative estimate of drug-likeness (QED) is 0.823. The number of thiazole rings is 1. The molecule has 2 atom stereocenters. The number of likely N-dealkylation sites (tertiary alicyclic amines) is 1. The Morgan fingerprint density at radius 1 is 1.48 bits per heavy atom. The molecule has 6 nitrogen and oxygen atoms in total. The lowest BCUT2D eigenvalue weighted by Gasteiger charge is -2.31. The van der Waals surface area contributed by atoms with Crippen molar-refractivity contribution in [1.82, 2.24) is 15.2 Å². The van der Waals surface area contributed by atoms with Crippen LogP contribution in [0.1, 0.15) is 47.8 Å². The second kappa shape index (κ2) is 7.88. The van der Waals surface area contributed by atoms with Gasteiger partial charge in [-0.25, -0.2) is 4.98 Å². The molecule has 1 aliphatic heterocycles. The number of amides is 2. The highest BCUT2D eigenvalue weighted by molar-refractivity contribution is 7.11. The minimum absolute atomic E-state index is 0.0357. The maximum Gasteiger partial charge on any atom is 0.231 e. The van der Waals surface area contributed by atoms with Gasteiger partial charge >= 0.3 is 0 Å². The zero-order valence-corrected chi connectivity index (χ0v) is 14.9. The van der Waals surface area contributed by atoms with E-state index in [1.807, 2.05) is 18.7 Å². The van der Waals surface area contributed by atoms with Gasteiger partial charge in [0.05, 0.1) is 24.2 Å². The Morgan fingerprint density at radius 3 is 2.78 bits per heavy atom. The Labute approximate surface area is 141 Å². The zero-order valence-electron chi connectivity index (χ0n) is 14.1. The Morgan fingerprint density at radius 2 is 2.22 bits per heavy atom. The molecule has 0 bridgehead atoms. The SMILES string of the molecule is CCC(NC(=O)C1CCCN(CC(N)=O)C1)c1nc(C)c(C)s1. The number of nitrogens with zero attached hydrogens (tertiary/aromatic N) is 2. The molecule has 1 saturated heterocycles. The number of hydrogen-bond donors (Lipinski definition) is 2. The van der Waals surface area contributed by atoms with Gasteiger partial charge in [-0.2, -0.15) is 0 Å². The summed E-state index contributed by atoms with van der Waals surface area (Å²) in [6.07, 6.45) is 2.58. The Hall–Kier alpha value is -1.47. The molecule has 1 aromatic rings. The molecule has 1 aromatic heterocycles. The largest absolute Gasteiger partial charge is 0.369 e. The number of piperidine rings is 1. The van der Waals surface area contributed by atoms with Gasteiger partial charge < -0.3 is 11.1 Å². The number of primary amides is 1. The number of rotatable bonds is 6. The lowest BCUT2D eigenvalue weighted by molar-refractivity contribution is -0.129. The van der Waals surface area contributed by atoms with Gasteiger partial charge in [-0.3, -0.25) is 14.5 Å². The van der Waals surface area contributed by atoms with E-state index in [9.17, 15) is 9.59 Å². The summed E-state index contributed by atoms with van der Waals surface area (Å²) in [6, 6.07) is -0.0357. The van der Waals surface area contributed by atoms with E-state index in [1.54, 1.807) is 11.3 Å². The molecule has 0 saturated carbocycles. The highest BCUT2D eigenvalue weighted by Gasteiger charge is 2.28. The number of aromatic nitrogens is 1. The van der Waals surface area contributed by atoms with Crippen molar-refractivity contribution in [2.75, 3.05) is 19.6 Å². The molecule has 3 N–H and O–H groups in total. The zero-order chi connectivity index (χ0) is 17.0. The highest BCUT2D eigenvalue weighted by Crippen LogP contribution is 2.26. The summed E-state index contributed by atoms with van der Waals surface area (Å²) in [7, 11) is 0. The first-order chi connectivity index (χ1) is 10.9. The van der Waals surface area contributed by atoms with Crippen LogP contribution >= 0.6 is 11.3 Å². The fourth-order valence-electron chi connectivity index (χ4n) is 2.91. The second-order valence-electron chi connectivity index (χ2n) is 6.20. The predicted molar refractivity (Wildman–Crippen MR) is 91.1 cm³/mol. The van der Waals surface area contributed by atoms with Gasteiger partial charge in [0.1, 0.15) is 5.01 Å². The minimum Gasteiger partial charge on any atom is -0.369 e. The molecular formula is C16H26N4O2S. The first-order valence-electron chi connectivity index (χ1n) is 8.15. The van der Waals surface area contributed by atoms with Gasteiger partial charge in [0, 0.05) is 11.4 Å². The predicted octanol–water partition coefficient (Wildman–Crippen LogP) is 1.52. The van der Waals surface area contributed by atoms with E-state index in [0.29, 0.717) is 6.54 Å². The summed E-state index contributed by atoms with van der Waals surface area (Å²) < 4.78 is 0. The van der Waals surface area contributed by atoms with E-state index in [0.717, 1.165) is 36.5 Å². The summed E-state index contributed by atoms with van der Waals surface area (Å²) in [5, 5.41) is 4.11. The maximum atomic E-state index is 12.6. The third-order valence-electron chi connectivity index (χ3n) is 4.32. The number of carbonyl (C=O) groups is 2. The number of nitrogens with one attached hydrogen (secondary N) is 1. The van der Waals surface area contributed by atoms with E-state index in [4.69, 9.17) is 5.73 Å². The summed E-state index contributed by atoms with van der Waals surface area (Å²) in [5.74, 6) is -0.373. The van der Waals surface area contributed by atoms with E-state index >= 15 is 0 Å². The van der Waals surface area contributed by atoms with Gasteiger partial charge in [-0.1, -0.05) is 6.92 Å². The first-order valence-corrected chi connectivity index (χ1v) is 8.97. The molecule has 1 fully saturated rings. The van der Waals surface area contributed by atoms with Crippen molar-refractivity contribution in [3.8, 4) is 0 Å². The van der Waals surface area contributed by atoms with Crippen LogP contribution in [0.25, 0.3) is 0 Å². The van der Waals surface area contributed by atoms with Gasteiger partial charge in [0.2, 0.25) is 11.8 Å². The van der Waals surface area contributed by atoms with Crippen molar-refractivity contribution >= 4 is 23.2 Å². The number of aryl methyl sites for hydroxylation is 2. The van der Waals surface area contributed by atoms with Crippen LogP contribution in [0.2, 0.25) is 0 Å². The monoisotopic (exact) mass is 338 g/mol. The molecule has 1 aliphatic rings. The fourth-order valence-corrected chi connectivity index (χ4v) is 3.97. The molecule has 2 unspecified atom stereocenters. The standard InChI is InChI=1S/C16H26N4O2S/c1-4-13(16-18-10(2)11(3)23-16)19-15(22)12-6-5-7-20(8-12)9-14(17)21/h12-13H,4-9H2,1-3H3,(H2,17,21)(H,19,22). The van der Waals surface area contributed by atoms with Crippen LogP contribution in [-0.2, 0) is 9.59 Å². The minimum atomic E-state index is -0.341. The van der Waals surface area contributed by atoms with Crippen molar-refractivity contribution in [3.05, 3.63) is 15.6 Å². The molecule has 2 rings (SSSR count). The summed E-state index contributed by atoms with van der Waals surface area (Å²) in [5.41, 5.74) is 6.28. The third kappa shape index (κ3) is 4.75. The van der Waals surface area contributed by atoms with Gasteiger partial charge in [-0.05, 0) is 39.7 Å². The van der Waals surface area contributed by atoms with Crippen LogP contribution in [-0.4, -0.2) is 41.3 Å². The maximum absolute atomic E-state index is 12.6. The normalized spacial score (nSPS) is 20.2. The second-order valence-corrected chi connectivity index (χ2v) is 7.44. The lowest BCUT2D eigenvalue weighted by atomic mass is 9.96. The topological polar surface area (TPSA) is 88.3 Å². The number of nitrogens with two attached hydrogens (primary N) is 1. The molecule has 2 amide bonds. The van der Waals surface area contributed by atoms with Crippen LogP contribution in [0.3, 0.4) is 0 Å². The van der Waals surface area contributed by atoms with Gasteiger partial charge in [-0.15, -0.1) is 11.3 Å². The van der Waals surface area contributed by atoms with E-state index in [-0.39, 0.29) is 30.3 Å². The first kappa shape index (κ1) is 17.9.